The SMILES string of the molecule is CN(C)Cc1occc1CN. The van der Waals surface area contributed by atoms with Gasteiger partial charge in [0.25, 0.3) is 0 Å². The zero-order chi connectivity index (χ0) is 8.27. The Morgan fingerprint density at radius 2 is 2.27 bits per heavy atom. The Balaban J connectivity index is 2.68. The van der Waals surface area contributed by atoms with E-state index in [9.17, 15) is 0 Å². The summed E-state index contributed by atoms with van der Waals surface area (Å²) in [6.07, 6.45) is 1.68. The van der Waals surface area contributed by atoms with Gasteiger partial charge >= 0.3 is 0 Å². The molecule has 0 aliphatic carbocycles. The van der Waals surface area contributed by atoms with Crippen LogP contribution in [0, 0.1) is 0 Å². The van der Waals surface area contributed by atoms with Gasteiger partial charge in [-0.3, -0.25) is 0 Å². The summed E-state index contributed by atoms with van der Waals surface area (Å²) in [5.41, 5.74) is 6.59. The lowest BCUT2D eigenvalue weighted by atomic mass is 10.2. The Morgan fingerprint density at radius 3 is 2.82 bits per heavy atom. The van der Waals surface area contributed by atoms with Crippen LogP contribution in [0.5, 0.6) is 0 Å². The van der Waals surface area contributed by atoms with Gasteiger partial charge in [0.15, 0.2) is 0 Å². The molecule has 0 aromatic carbocycles. The van der Waals surface area contributed by atoms with Crippen molar-refractivity contribution < 1.29 is 4.42 Å². The molecule has 0 unspecified atom stereocenters. The molecule has 2 N–H and O–H groups in total. The van der Waals surface area contributed by atoms with Crippen molar-refractivity contribution in [3.63, 3.8) is 0 Å². The van der Waals surface area contributed by atoms with Crippen molar-refractivity contribution in [2.24, 2.45) is 5.73 Å². The smallest absolute Gasteiger partial charge is 0.122 e. The highest BCUT2D eigenvalue weighted by atomic mass is 16.3. The summed E-state index contributed by atoms with van der Waals surface area (Å²) in [6, 6.07) is 1.92. The first-order valence-corrected chi connectivity index (χ1v) is 3.64. The molecule has 1 aromatic rings. The Bertz CT molecular complexity index is 218. The molecular formula is C8H14N2O. The average Bonchev–Trinajstić information content (AvgIpc) is 2.34. The zero-order valence-corrected chi connectivity index (χ0v) is 7.00. The van der Waals surface area contributed by atoms with Crippen LogP contribution in [-0.2, 0) is 13.1 Å². The van der Waals surface area contributed by atoms with E-state index in [1.54, 1.807) is 6.26 Å². The molecule has 0 atom stereocenters. The topological polar surface area (TPSA) is 42.4 Å². The van der Waals surface area contributed by atoms with Crippen LogP contribution in [0.1, 0.15) is 11.3 Å². The van der Waals surface area contributed by atoms with Gasteiger partial charge in [-0.15, -0.1) is 0 Å². The molecule has 3 heteroatoms. The molecule has 0 radical (unpaired) electrons. The molecule has 0 aliphatic heterocycles. The van der Waals surface area contributed by atoms with Crippen molar-refractivity contribution in [2.75, 3.05) is 14.1 Å². The number of furan rings is 1. The lowest BCUT2D eigenvalue weighted by Gasteiger charge is -2.07. The maximum absolute atomic E-state index is 5.49. The second-order valence-electron chi connectivity index (χ2n) is 2.81. The van der Waals surface area contributed by atoms with E-state index in [4.69, 9.17) is 10.2 Å². The maximum Gasteiger partial charge on any atom is 0.122 e. The predicted octanol–water partition coefficient (Wildman–Crippen LogP) is 0.800. The molecule has 0 saturated heterocycles. The number of nitrogens with zero attached hydrogens (tertiary/aromatic N) is 1. The maximum atomic E-state index is 5.49. The highest BCUT2D eigenvalue weighted by Gasteiger charge is 2.04. The van der Waals surface area contributed by atoms with E-state index in [1.165, 1.54) is 0 Å². The summed E-state index contributed by atoms with van der Waals surface area (Å²) < 4.78 is 5.24. The molecule has 0 bridgehead atoms. The van der Waals surface area contributed by atoms with Crippen LogP contribution in [0.15, 0.2) is 16.7 Å². The molecule has 0 aliphatic rings. The third-order valence-corrected chi connectivity index (χ3v) is 1.52. The first-order chi connectivity index (χ1) is 5.24. The summed E-state index contributed by atoms with van der Waals surface area (Å²) in [7, 11) is 4.01. The van der Waals surface area contributed by atoms with Crippen molar-refractivity contribution in [2.45, 2.75) is 13.1 Å². The van der Waals surface area contributed by atoms with Gasteiger partial charge in [0.05, 0.1) is 12.8 Å². The number of rotatable bonds is 3. The van der Waals surface area contributed by atoms with Gasteiger partial charge in [-0.2, -0.15) is 0 Å². The van der Waals surface area contributed by atoms with Crippen molar-refractivity contribution in [3.8, 4) is 0 Å². The summed E-state index contributed by atoms with van der Waals surface area (Å²) in [6.45, 7) is 1.37. The van der Waals surface area contributed by atoms with Crippen molar-refractivity contribution in [1.29, 1.82) is 0 Å². The van der Waals surface area contributed by atoms with E-state index >= 15 is 0 Å². The van der Waals surface area contributed by atoms with Crippen LogP contribution in [0.4, 0.5) is 0 Å². The molecule has 62 valence electrons. The third-order valence-electron chi connectivity index (χ3n) is 1.52. The first kappa shape index (κ1) is 8.30. The van der Waals surface area contributed by atoms with E-state index in [2.05, 4.69) is 4.90 Å². The van der Waals surface area contributed by atoms with Crippen molar-refractivity contribution in [1.82, 2.24) is 4.90 Å². The van der Waals surface area contributed by atoms with Gasteiger partial charge in [-0.1, -0.05) is 0 Å². The van der Waals surface area contributed by atoms with Gasteiger partial charge in [-0.05, 0) is 20.2 Å². The lowest BCUT2D eigenvalue weighted by molar-refractivity contribution is 0.348. The summed E-state index contributed by atoms with van der Waals surface area (Å²) in [5.74, 6) is 0.970. The van der Waals surface area contributed by atoms with E-state index in [-0.39, 0.29) is 0 Å². The van der Waals surface area contributed by atoms with E-state index in [0.29, 0.717) is 6.54 Å². The number of hydrogen-bond acceptors (Lipinski definition) is 3. The molecule has 1 heterocycles. The van der Waals surface area contributed by atoms with Crippen LogP contribution in [0.25, 0.3) is 0 Å². The molecule has 1 rings (SSSR count). The van der Waals surface area contributed by atoms with Crippen molar-refractivity contribution >= 4 is 0 Å². The van der Waals surface area contributed by atoms with Crippen molar-refractivity contribution in [3.05, 3.63) is 23.7 Å². The molecule has 0 fully saturated rings. The minimum atomic E-state index is 0.555. The molecule has 1 aromatic heterocycles. The van der Waals surface area contributed by atoms with Gasteiger partial charge < -0.3 is 15.1 Å². The quantitative estimate of drug-likeness (QED) is 0.700. The third kappa shape index (κ3) is 2.06. The molecular weight excluding hydrogens is 140 g/mol. The van der Waals surface area contributed by atoms with Crippen LogP contribution in [-0.4, -0.2) is 19.0 Å². The highest BCUT2D eigenvalue weighted by molar-refractivity contribution is 5.16. The summed E-state index contributed by atoms with van der Waals surface area (Å²) in [5, 5.41) is 0. The van der Waals surface area contributed by atoms with Crippen LogP contribution >= 0.6 is 0 Å². The first-order valence-electron chi connectivity index (χ1n) is 3.64. The van der Waals surface area contributed by atoms with Gasteiger partial charge in [0.1, 0.15) is 5.76 Å². The standard InChI is InChI=1S/C8H14N2O/c1-10(2)6-8-7(5-9)3-4-11-8/h3-4H,5-6,9H2,1-2H3. The Hall–Kier alpha value is -0.800. The molecule has 0 amide bonds. The van der Waals surface area contributed by atoms with Gasteiger partial charge in [0, 0.05) is 12.1 Å². The lowest BCUT2D eigenvalue weighted by Crippen LogP contribution is -2.12. The monoisotopic (exact) mass is 154 g/mol. The van der Waals surface area contributed by atoms with Crippen LogP contribution < -0.4 is 5.73 Å². The van der Waals surface area contributed by atoms with E-state index in [0.717, 1.165) is 17.9 Å². The number of hydrogen-bond donors (Lipinski definition) is 1. The van der Waals surface area contributed by atoms with E-state index in [1.807, 2.05) is 20.2 Å². The predicted molar refractivity (Wildman–Crippen MR) is 44.0 cm³/mol. The Labute approximate surface area is 66.8 Å². The molecule has 3 nitrogen and oxygen atoms in total. The largest absolute Gasteiger partial charge is 0.468 e. The fraction of sp³-hybridized carbons (Fsp3) is 0.500. The second kappa shape index (κ2) is 3.55. The normalized spacial score (nSPS) is 10.9. The highest BCUT2D eigenvalue weighted by Crippen LogP contribution is 2.10. The molecule has 0 spiro atoms. The van der Waals surface area contributed by atoms with Gasteiger partial charge in [0.2, 0.25) is 0 Å². The number of nitrogens with two attached hydrogens (primary N) is 1. The Kier molecular flexibility index (Phi) is 2.68. The zero-order valence-electron chi connectivity index (χ0n) is 7.00. The minimum absolute atomic E-state index is 0.555. The van der Waals surface area contributed by atoms with Crippen LogP contribution in [0.3, 0.4) is 0 Å². The molecule has 11 heavy (non-hydrogen) atoms. The summed E-state index contributed by atoms with van der Waals surface area (Å²) in [4.78, 5) is 2.05. The minimum Gasteiger partial charge on any atom is -0.468 e. The van der Waals surface area contributed by atoms with Crippen LogP contribution in [0.2, 0.25) is 0 Å². The fourth-order valence-corrected chi connectivity index (χ4v) is 0.975. The average molecular weight is 154 g/mol. The second-order valence-corrected chi connectivity index (χ2v) is 2.81. The Morgan fingerprint density at radius 1 is 1.55 bits per heavy atom. The molecule has 0 saturated carbocycles. The van der Waals surface area contributed by atoms with E-state index < -0.39 is 0 Å². The fourth-order valence-electron chi connectivity index (χ4n) is 0.975. The van der Waals surface area contributed by atoms with Gasteiger partial charge in [-0.25, -0.2) is 0 Å². The summed E-state index contributed by atoms with van der Waals surface area (Å²) >= 11 is 0.